The standard InChI is InChI=1S/C17H14IN3O2/c1-21(17(23)11-6-8-12(18)9-7-11)10-15-19-14-5-3-2-4-13(14)16(22)20-15/h2-9H,10H2,1H3,(H,19,20,22). The number of hydrogen-bond donors (Lipinski definition) is 1. The molecule has 3 rings (SSSR count). The van der Waals surface area contributed by atoms with Crippen LogP contribution < -0.4 is 5.56 Å². The van der Waals surface area contributed by atoms with Crippen LogP contribution in [-0.2, 0) is 6.54 Å². The van der Waals surface area contributed by atoms with E-state index < -0.39 is 0 Å². The molecule has 1 N–H and O–H groups in total. The van der Waals surface area contributed by atoms with Crippen molar-refractivity contribution >= 4 is 39.4 Å². The fraction of sp³-hybridized carbons (Fsp3) is 0.118. The van der Waals surface area contributed by atoms with Crippen LogP contribution in [0.1, 0.15) is 16.2 Å². The van der Waals surface area contributed by atoms with Crippen LogP contribution in [0.2, 0.25) is 0 Å². The average Bonchev–Trinajstić information content (AvgIpc) is 2.55. The molecule has 5 nitrogen and oxygen atoms in total. The number of aromatic amines is 1. The first kappa shape index (κ1) is 15.7. The predicted octanol–water partition coefficient (Wildman–Crippen LogP) is 2.80. The zero-order valence-electron chi connectivity index (χ0n) is 12.4. The monoisotopic (exact) mass is 419 g/mol. The zero-order chi connectivity index (χ0) is 16.4. The molecule has 0 fully saturated rings. The molecule has 0 spiro atoms. The number of H-pyrrole nitrogens is 1. The van der Waals surface area contributed by atoms with Gasteiger partial charge in [0, 0.05) is 16.2 Å². The van der Waals surface area contributed by atoms with E-state index in [1.807, 2.05) is 18.2 Å². The van der Waals surface area contributed by atoms with E-state index in [9.17, 15) is 9.59 Å². The highest BCUT2D eigenvalue weighted by Gasteiger charge is 2.13. The van der Waals surface area contributed by atoms with Gasteiger partial charge in [-0.1, -0.05) is 12.1 Å². The Morgan fingerprint density at radius 2 is 1.87 bits per heavy atom. The topological polar surface area (TPSA) is 66.1 Å². The number of rotatable bonds is 3. The molecule has 0 atom stereocenters. The van der Waals surface area contributed by atoms with Gasteiger partial charge in [-0.3, -0.25) is 9.59 Å². The first-order valence-electron chi connectivity index (χ1n) is 7.03. The summed E-state index contributed by atoms with van der Waals surface area (Å²) in [5, 5.41) is 0.544. The van der Waals surface area contributed by atoms with Crippen molar-refractivity contribution < 1.29 is 4.79 Å². The summed E-state index contributed by atoms with van der Waals surface area (Å²) >= 11 is 2.19. The van der Waals surface area contributed by atoms with Crippen LogP contribution in [0, 0.1) is 3.57 Å². The second-order valence-electron chi connectivity index (χ2n) is 5.20. The van der Waals surface area contributed by atoms with Crippen molar-refractivity contribution in [2.24, 2.45) is 0 Å². The van der Waals surface area contributed by atoms with Crippen LogP contribution in [0.15, 0.2) is 53.3 Å². The Balaban J connectivity index is 1.85. The van der Waals surface area contributed by atoms with Crippen LogP contribution in [0.3, 0.4) is 0 Å². The van der Waals surface area contributed by atoms with Crippen molar-refractivity contribution in [3.05, 3.63) is 73.8 Å². The Kier molecular flexibility index (Phi) is 4.42. The van der Waals surface area contributed by atoms with Crippen LogP contribution in [0.5, 0.6) is 0 Å². The molecule has 0 unspecified atom stereocenters. The van der Waals surface area contributed by atoms with Crippen molar-refractivity contribution in [3.63, 3.8) is 0 Å². The normalized spacial score (nSPS) is 10.7. The van der Waals surface area contributed by atoms with E-state index in [4.69, 9.17) is 0 Å². The van der Waals surface area contributed by atoms with Gasteiger partial charge in [-0.15, -0.1) is 0 Å². The van der Waals surface area contributed by atoms with Crippen LogP contribution >= 0.6 is 22.6 Å². The molecule has 1 heterocycles. The highest BCUT2D eigenvalue weighted by atomic mass is 127. The quantitative estimate of drug-likeness (QED) is 0.665. The number of aromatic nitrogens is 2. The number of fused-ring (bicyclic) bond motifs is 1. The van der Waals surface area contributed by atoms with E-state index in [0.717, 1.165) is 3.57 Å². The molecule has 0 bridgehead atoms. The zero-order valence-corrected chi connectivity index (χ0v) is 14.6. The van der Waals surface area contributed by atoms with Gasteiger partial charge >= 0.3 is 0 Å². The summed E-state index contributed by atoms with van der Waals surface area (Å²) < 4.78 is 1.07. The number of halogens is 1. The van der Waals surface area contributed by atoms with E-state index in [1.54, 1.807) is 37.4 Å². The van der Waals surface area contributed by atoms with E-state index in [2.05, 4.69) is 32.6 Å². The number of carbonyl (C=O) groups excluding carboxylic acids is 1. The van der Waals surface area contributed by atoms with E-state index >= 15 is 0 Å². The lowest BCUT2D eigenvalue weighted by molar-refractivity contribution is 0.0781. The minimum atomic E-state index is -0.194. The van der Waals surface area contributed by atoms with Gasteiger partial charge in [0.15, 0.2) is 0 Å². The van der Waals surface area contributed by atoms with E-state index in [1.165, 1.54) is 4.90 Å². The van der Waals surface area contributed by atoms with Crippen molar-refractivity contribution in [2.75, 3.05) is 7.05 Å². The summed E-state index contributed by atoms with van der Waals surface area (Å²) in [5.41, 5.74) is 1.04. The number of nitrogens with zero attached hydrogens (tertiary/aromatic N) is 2. The first-order valence-corrected chi connectivity index (χ1v) is 8.11. The molecule has 116 valence electrons. The molecule has 0 saturated carbocycles. The Morgan fingerprint density at radius 1 is 1.17 bits per heavy atom. The summed E-state index contributed by atoms with van der Waals surface area (Å²) in [6, 6.07) is 14.5. The third-order valence-corrected chi connectivity index (χ3v) is 4.21. The van der Waals surface area contributed by atoms with Gasteiger partial charge in [-0.05, 0) is 59.0 Å². The molecule has 0 aliphatic carbocycles. The summed E-state index contributed by atoms with van der Waals surface area (Å²) in [4.78, 5) is 33.2. The molecular weight excluding hydrogens is 405 g/mol. The molecule has 1 aromatic heterocycles. The highest BCUT2D eigenvalue weighted by Crippen LogP contribution is 2.11. The fourth-order valence-electron chi connectivity index (χ4n) is 2.32. The Labute approximate surface area is 146 Å². The minimum Gasteiger partial charge on any atom is -0.334 e. The van der Waals surface area contributed by atoms with E-state index in [-0.39, 0.29) is 18.0 Å². The van der Waals surface area contributed by atoms with Crippen LogP contribution in [0.25, 0.3) is 10.9 Å². The molecule has 0 aliphatic rings. The number of nitrogens with one attached hydrogen (secondary N) is 1. The smallest absolute Gasteiger partial charge is 0.258 e. The average molecular weight is 419 g/mol. The van der Waals surface area contributed by atoms with Crippen LogP contribution in [0.4, 0.5) is 0 Å². The molecule has 6 heteroatoms. The summed E-state index contributed by atoms with van der Waals surface area (Å²) in [5.74, 6) is 0.354. The molecule has 0 aliphatic heterocycles. The van der Waals surface area contributed by atoms with Crippen molar-refractivity contribution in [3.8, 4) is 0 Å². The van der Waals surface area contributed by atoms with Crippen molar-refractivity contribution in [2.45, 2.75) is 6.54 Å². The van der Waals surface area contributed by atoms with Crippen LogP contribution in [-0.4, -0.2) is 27.8 Å². The first-order chi connectivity index (χ1) is 11.0. The maximum Gasteiger partial charge on any atom is 0.258 e. The van der Waals surface area contributed by atoms with Gasteiger partial charge in [-0.2, -0.15) is 0 Å². The largest absolute Gasteiger partial charge is 0.334 e. The Hall–Kier alpha value is -2.22. The third kappa shape index (κ3) is 3.42. The van der Waals surface area contributed by atoms with Gasteiger partial charge in [0.2, 0.25) is 0 Å². The molecule has 2 aromatic carbocycles. The number of para-hydroxylation sites is 1. The Morgan fingerprint density at radius 3 is 2.61 bits per heavy atom. The molecular formula is C17H14IN3O2. The van der Waals surface area contributed by atoms with Gasteiger partial charge in [0.05, 0.1) is 17.4 Å². The van der Waals surface area contributed by atoms with E-state index in [0.29, 0.717) is 22.3 Å². The lowest BCUT2D eigenvalue weighted by Crippen LogP contribution is -2.28. The number of amides is 1. The maximum absolute atomic E-state index is 12.4. The lowest BCUT2D eigenvalue weighted by atomic mass is 10.2. The molecule has 0 saturated heterocycles. The summed E-state index contributed by atoms with van der Waals surface area (Å²) in [6.45, 7) is 0.241. The third-order valence-electron chi connectivity index (χ3n) is 3.49. The number of benzene rings is 2. The van der Waals surface area contributed by atoms with Gasteiger partial charge < -0.3 is 9.88 Å². The highest BCUT2D eigenvalue weighted by molar-refractivity contribution is 14.1. The summed E-state index contributed by atoms with van der Waals surface area (Å²) in [7, 11) is 1.69. The second kappa shape index (κ2) is 6.49. The van der Waals surface area contributed by atoms with Gasteiger partial charge in [0.25, 0.3) is 11.5 Å². The molecule has 1 amide bonds. The van der Waals surface area contributed by atoms with Crippen molar-refractivity contribution in [1.82, 2.24) is 14.9 Å². The fourth-order valence-corrected chi connectivity index (χ4v) is 2.68. The number of hydrogen-bond acceptors (Lipinski definition) is 3. The Bertz CT molecular complexity index is 919. The lowest BCUT2D eigenvalue weighted by Gasteiger charge is -2.16. The number of carbonyl (C=O) groups is 1. The van der Waals surface area contributed by atoms with Gasteiger partial charge in [-0.25, -0.2) is 4.98 Å². The van der Waals surface area contributed by atoms with Crippen molar-refractivity contribution in [1.29, 1.82) is 0 Å². The molecule has 0 radical (unpaired) electrons. The minimum absolute atomic E-state index is 0.114. The summed E-state index contributed by atoms with van der Waals surface area (Å²) in [6.07, 6.45) is 0. The molecule has 23 heavy (non-hydrogen) atoms. The second-order valence-corrected chi connectivity index (χ2v) is 6.44. The SMILES string of the molecule is CN(Cc1nc2ccccc2c(=O)[nH]1)C(=O)c1ccc(I)cc1. The maximum atomic E-state index is 12.4. The van der Waals surface area contributed by atoms with Gasteiger partial charge in [0.1, 0.15) is 5.82 Å². The molecule has 3 aromatic rings. The predicted molar refractivity (Wildman–Crippen MR) is 97.3 cm³/mol.